The average Bonchev–Trinajstić information content (AvgIpc) is 3.36. The van der Waals surface area contributed by atoms with E-state index in [2.05, 4.69) is 6.07 Å². The first kappa shape index (κ1) is 18.0. The van der Waals surface area contributed by atoms with Gasteiger partial charge in [-0.25, -0.2) is 4.98 Å². The fourth-order valence-corrected chi connectivity index (χ4v) is 5.78. The van der Waals surface area contributed by atoms with Gasteiger partial charge in [0.1, 0.15) is 4.83 Å². The van der Waals surface area contributed by atoms with Gasteiger partial charge in [0.2, 0.25) is 0 Å². The van der Waals surface area contributed by atoms with Crippen molar-refractivity contribution >= 4 is 44.7 Å². The molecule has 0 saturated heterocycles. The van der Waals surface area contributed by atoms with E-state index < -0.39 is 0 Å². The largest absolute Gasteiger partial charge is 0.287 e. The second-order valence-electron chi connectivity index (χ2n) is 5.81. The van der Waals surface area contributed by atoms with Crippen molar-refractivity contribution in [2.75, 3.05) is 0 Å². The molecular weight excluding hydrogens is 394 g/mol. The van der Waals surface area contributed by atoms with Crippen LogP contribution in [0.25, 0.3) is 20.7 Å². The van der Waals surface area contributed by atoms with Crippen molar-refractivity contribution in [3.8, 4) is 16.5 Å². The Balaban J connectivity index is 1.76. The fraction of sp³-hybridized carbons (Fsp3) is 0.150. The lowest BCUT2D eigenvalue weighted by molar-refractivity contribution is 0.635. The molecule has 0 unspecified atom stereocenters. The second-order valence-corrected chi connectivity index (χ2v) is 8.56. The molecule has 0 atom stereocenters. The topological polar surface area (TPSA) is 58.7 Å². The van der Waals surface area contributed by atoms with Gasteiger partial charge in [0.05, 0.1) is 17.0 Å². The van der Waals surface area contributed by atoms with Crippen LogP contribution in [0, 0.1) is 11.3 Å². The van der Waals surface area contributed by atoms with Crippen molar-refractivity contribution < 1.29 is 0 Å². The highest BCUT2D eigenvalue weighted by Gasteiger charge is 2.17. The van der Waals surface area contributed by atoms with Gasteiger partial charge in [-0.1, -0.05) is 36.0 Å². The lowest BCUT2D eigenvalue weighted by Gasteiger charge is -2.10. The highest BCUT2D eigenvalue weighted by molar-refractivity contribution is 7.98. The van der Waals surface area contributed by atoms with E-state index in [9.17, 15) is 10.1 Å². The maximum atomic E-state index is 13.2. The van der Waals surface area contributed by atoms with Crippen LogP contribution in [-0.2, 0) is 12.3 Å². The van der Waals surface area contributed by atoms with Crippen LogP contribution in [0.3, 0.4) is 0 Å². The Kier molecular flexibility index (Phi) is 5.12. The molecule has 0 aliphatic rings. The smallest absolute Gasteiger partial charge is 0.263 e. The number of benzene rings is 1. The standard InChI is InChI=1S/C20H15N3OS3/c1-2-23-19(24)17-15(16-8-5-9-25-16)12-26-18(17)22-20(23)27-11-14-7-4-3-6-13(14)10-21/h3-9,12H,2,11H2,1H3. The Bertz CT molecular complexity index is 1200. The summed E-state index contributed by atoms with van der Waals surface area (Å²) in [5.74, 6) is 0.602. The molecule has 3 aromatic heterocycles. The molecule has 0 radical (unpaired) electrons. The normalized spacial score (nSPS) is 11.0. The molecule has 0 N–H and O–H groups in total. The molecule has 134 valence electrons. The molecule has 0 saturated carbocycles. The molecule has 7 heteroatoms. The van der Waals surface area contributed by atoms with E-state index in [-0.39, 0.29) is 5.56 Å². The summed E-state index contributed by atoms with van der Waals surface area (Å²) in [4.78, 5) is 19.8. The predicted octanol–water partition coefficient (Wildman–Crippen LogP) is 5.37. The van der Waals surface area contributed by atoms with Crippen molar-refractivity contribution in [3.05, 3.63) is 68.6 Å². The Morgan fingerprint density at radius 1 is 1.22 bits per heavy atom. The summed E-state index contributed by atoms with van der Waals surface area (Å²) in [6.07, 6.45) is 0. The van der Waals surface area contributed by atoms with Gasteiger partial charge in [-0.05, 0) is 30.0 Å². The van der Waals surface area contributed by atoms with Crippen molar-refractivity contribution in [1.29, 1.82) is 5.26 Å². The summed E-state index contributed by atoms with van der Waals surface area (Å²) in [5, 5.41) is 14.7. The number of hydrogen-bond acceptors (Lipinski definition) is 6. The van der Waals surface area contributed by atoms with Crippen LogP contribution in [0.2, 0.25) is 0 Å². The zero-order valence-corrected chi connectivity index (χ0v) is 17.0. The monoisotopic (exact) mass is 409 g/mol. The van der Waals surface area contributed by atoms with Gasteiger partial charge < -0.3 is 0 Å². The summed E-state index contributed by atoms with van der Waals surface area (Å²) in [6.45, 7) is 2.52. The van der Waals surface area contributed by atoms with Crippen molar-refractivity contribution in [1.82, 2.24) is 9.55 Å². The van der Waals surface area contributed by atoms with Gasteiger partial charge in [-0.2, -0.15) is 5.26 Å². The highest BCUT2D eigenvalue weighted by Crippen LogP contribution is 2.35. The minimum absolute atomic E-state index is 0.00298. The van der Waals surface area contributed by atoms with Gasteiger partial charge in [-0.15, -0.1) is 22.7 Å². The van der Waals surface area contributed by atoms with Crippen LogP contribution in [-0.4, -0.2) is 9.55 Å². The van der Waals surface area contributed by atoms with E-state index in [1.807, 2.05) is 54.1 Å². The Hall–Kier alpha value is -2.40. The average molecular weight is 410 g/mol. The first-order chi connectivity index (χ1) is 13.2. The molecule has 0 aliphatic carbocycles. The zero-order chi connectivity index (χ0) is 18.8. The van der Waals surface area contributed by atoms with Crippen LogP contribution in [0.1, 0.15) is 18.1 Å². The van der Waals surface area contributed by atoms with Crippen LogP contribution >= 0.6 is 34.4 Å². The molecule has 4 rings (SSSR count). The van der Waals surface area contributed by atoms with Gasteiger partial charge in [0, 0.05) is 28.1 Å². The molecule has 0 spiro atoms. The van der Waals surface area contributed by atoms with Crippen molar-refractivity contribution in [2.24, 2.45) is 0 Å². The van der Waals surface area contributed by atoms with E-state index in [4.69, 9.17) is 4.98 Å². The van der Waals surface area contributed by atoms with Gasteiger partial charge in [0.25, 0.3) is 5.56 Å². The number of nitriles is 1. The lowest BCUT2D eigenvalue weighted by Crippen LogP contribution is -2.22. The molecule has 3 heterocycles. The quantitative estimate of drug-likeness (QED) is 0.328. The number of aromatic nitrogens is 2. The van der Waals surface area contributed by atoms with Gasteiger partial charge in [-0.3, -0.25) is 9.36 Å². The van der Waals surface area contributed by atoms with E-state index >= 15 is 0 Å². The maximum Gasteiger partial charge on any atom is 0.263 e. The molecule has 0 aliphatic heterocycles. The number of nitrogens with zero attached hydrogens (tertiary/aromatic N) is 3. The Labute approximate surface area is 168 Å². The molecule has 0 amide bonds. The third-order valence-corrected chi connectivity index (χ3v) is 7.06. The minimum atomic E-state index is 0.00298. The van der Waals surface area contributed by atoms with Crippen LogP contribution in [0.5, 0.6) is 0 Å². The predicted molar refractivity (Wildman–Crippen MR) is 114 cm³/mol. The van der Waals surface area contributed by atoms with E-state index in [0.29, 0.717) is 28.4 Å². The molecule has 1 aromatic carbocycles. The first-order valence-electron chi connectivity index (χ1n) is 8.39. The lowest BCUT2D eigenvalue weighted by atomic mass is 10.1. The van der Waals surface area contributed by atoms with Crippen molar-refractivity contribution in [2.45, 2.75) is 24.4 Å². The minimum Gasteiger partial charge on any atom is -0.287 e. The third kappa shape index (κ3) is 3.32. The summed E-state index contributed by atoms with van der Waals surface area (Å²) in [6, 6.07) is 13.8. The molecule has 0 fully saturated rings. The summed E-state index contributed by atoms with van der Waals surface area (Å²) in [7, 11) is 0. The van der Waals surface area contributed by atoms with Crippen molar-refractivity contribution in [3.63, 3.8) is 0 Å². The molecule has 4 nitrogen and oxygen atoms in total. The number of hydrogen-bond donors (Lipinski definition) is 0. The molecule has 27 heavy (non-hydrogen) atoms. The van der Waals surface area contributed by atoms with Crippen LogP contribution in [0.4, 0.5) is 0 Å². The van der Waals surface area contributed by atoms with E-state index in [0.717, 1.165) is 20.8 Å². The van der Waals surface area contributed by atoms with Gasteiger partial charge in [0.15, 0.2) is 5.16 Å². The van der Waals surface area contributed by atoms with E-state index in [1.165, 1.54) is 23.1 Å². The first-order valence-corrected chi connectivity index (χ1v) is 11.1. The Morgan fingerprint density at radius 2 is 2.07 bits per heavy atom. The van der Waals surface area contributed by atoms with Gasteiger partial charge >= 0.3 is 0 Å². The fourth-order valence-electron chi connectivity index (χ4n) is 2.91. The summed E-state index contributed by atoms with van der Waals surface area (Å²) >= 11 is 4.63. The molecular formula is C20H15N3OS3. The number of thiophene rings is 2. The summed E-state index contributed by atoms with van der Waals surface area (Å²) in [5.41, 5.74) is 2.58. The highest BCUT2D eigenvalue weighted by atomic mass is 32.2. The third-order valence-electron chi connectivity index (χ3n) is 4.26. The maximum absolute atomic E-state index is 13.2. The summed E-state index contributed by atoms with van der Waals surface area (Å²) < 4.78 is 1.73. The number of rotatable bonds is 5. The molecule has 4 aromatic rings. The Morgan fingerprint density at radius 3 is 2.81 bits per heavy atom. The number of fused-ring (bicyclic) bond motifs is 1. The van der Waals surface area contributed by atoms with Crippen LogP contribution in [0.15, 0.2) is 57.1 Å². The zero-order valence-electron chi connectivity index (χ0n) is 14.5. The second kappa shape index (κ2) is 7.69. The van der Waals surface area contributed by atoms with Crippen LogP contribution < -0.4 is 5.56 Å². The number of thioether (sulfide) groups is 1. The van der Waals surface area contributed by atoms with E-state index in [1.54, 1.807) is 15.9 Å². The SMILES string of the molecule is CCn1c(SCc2ccccc2C#N)nc2scc(-c3cccs3)c2c1=O. The molecule has 0 bridgehead atoms.